The molecule has 334 valence electrons. The van der Waals surface area contributed by atoms with Crippen LogP contribution in [-0.2, 0) is 47.9 Å². The van der Waals surface area contributed by atoms with E-state index in [1.807, 2.05) is 12.1 Å². The molecule has 4 aliphatic rings. The van der Waals surface area contributed by atoms with E-state index in [9.17, 15) is 29.1 Å². The number of carbonyl (C=O) groups excluding carboxylic acids is 5. The third kappa shape index (κ3) is 12.2. The van der Waals surface area contributed by atoms with Crippen LogP contribution in [0.4, 0.5) is 0 Å². The fourth-order valence-corrected chi connectivity index (χ4v) is 7.90. The predicted molar refractivity (Wildman–Crippen MR) is 231 cm³/mol. The molecule has 7 rings (SSSR count). The molecule has 5 amide bonds. The van der Waals surface area contributed by atoms with Gasteiger partial charge in [0.15, 0.2) is 0 Å². The van der Waals surface area contributed by atoms with Crippen molar-refractivity contribution in [3.05, 3.63) is 71.5 Å². The van der Waals surface area contributed by atoms with Gasteiger partial charge in [-0.25, -0.2) is 0 Å². The molecule has 18 nitrogen and oxygen atoms in total. The molecular formula is C43H61BN10O8. The number of aliphatic hydroxyl groups excluding tert-OH is 1. The first-order valence-electron chi connectivity index (χ1n) is 21.8. The minimum atomic E-state index is -1.50. The molecule has 6 bridgehead atoms. The maximum Gasteiger partial charge on any atom is 0.481 e. The summed E-state index contributed by atoms with van der Waals surface area (Å²) in [5, 5.41) is 32.6. The third-order valence-electron chi connectivity index (χ3n) is 11.6. The maximum absolute atomic E-state index is 13.7. The van der Waals surface area contributed by atoms with Gasteiger partial charge in [0, 0.05) is 44.4 Å². The molecule has 2 saturated heterocycles. The van der Waals surface area contributed by atoms with E-state index in [2.05, 4.69) is 73.0 Å². The van der Waals surface area contributed by atoms with Gasteiger partial charge >= 0.3 is 7.12 Å². The summed E-state index contributed by atoms with van der Waals surface area (Å²) >= 11 is 0. The molecule has 1 unspecified atom stereocenters. The normalized spacial score (nSPS) is 23.2. The first kappa shape index (κ1) is 46.3. The zero-order chi connectivity index (χ0) is 44.3. The minimum Gasteiger partial charge on any atom is -0.403 e. The fraction of sp³-hybridized carbons (Fsp3) is 0.558. The summed E-state index contributed by atoms with van der Waals surface area (Å²) in [4.78, 5) is 70.2. The van der Waals surface area contributed by atoms with Crippen LogP contribution in [0.2, 0.25) is 0 Å². The highest BCUT2D eigenvalue weighted by Crippen LogP contribution is 2.26. The monoisotopic (exact) mass is 856 g/mol. The van der Waals surface area contributed by atoms with Gasteiger partial charge in [0.05, 0.1) is 29.9 Å². The highest BCUT2D eigenvalue weighted by molar-refractivity contribution is 6.47. The number of hydrogen-bond acceptors (Lipinski definition) is 12. The molecule has 62 heavy (non-hydrogen) atoms. The average Bonchev–Trinajstić information content (AvgIpc) is 3.98. The number of fused-ring (bicyclic) bond motifs is 6. The van der Waals surface area contributed by atoms with Gasteiger partial charge < -0.3 is 46.7 Å². The molecule has 3 aromatic rings. The lowest BCUT2D eigenvalue weighted by molar-refractivity contribution is -0.135. The number of nitrogens with one attached hydrogen (secondary N) is 5. The van der Waals surface area contributed by atoms with Crippen LogP contribution in [0.5, 0.6) is 0 Å². The topological polar surface area (TPSA) is 244 Å². The lowest BCUT2D eigenvalue weighted by Gasteiger charge is -2.27. The van der Waals surface area contributed by atoms with E-state index in [4.69, 9.17) is 15.0 Å². The molecule has 2 fully saturated rings. The van der Waals surface area contributed by atoms with Gasteiger partial charge in [-0.1, -0.05) is 55.0 Å². The highest BCUT2D eigenvalue weighted by atomic mass is 16.7. The van der Waals surface area contributed by atoms with Gasteiger partial charge in [-0.2, -0.15) is 0 Å². The molecule has 1 aromatic heterocycles. The summed E-state index contributed by atoms with van der Waals surface area (Å²) in [5.74, 6) is -3.83. The number of carbonyl (C=O) groups is 5. The van der Waals surface area contributed by atoms with Gasteiger partial charge in [-0.05, 0) is 88.2 Å². The second-order valence-corrected chi connectivity index (χ2v) is 16.7. The van der Waals surface area contributed by atoms with Crippen LogP contribution in [0.1, 0.15) is 81.4 Å². The smallest absolute Gasteiger partial charge is 0.403 e. The number of nitrogens with two attached hydrogens (primary N) is 1. The Hall–Kier alpha value is -5.21. The van der Waals surface area contributed by atoms with E-state index in [1.54, 1.807) is 29.9 Å². The molecule has 0 spiro atoms. The van der Waals surface area contributed by atoms with E-state index >= 15 is 0 Å². The Labute approximate surface area is 362 Å². The Kier molecular flexibility index (Phi) is 16.2. The first-order valence-corrected chi connectivity index (χ1v) is 21.8. The van der Waals surface area contributed by atoms with E-state index in [-0.39, 0.29) is 31.6 Å². The van der Waals surface area contributed by atoms with Crippen LogP contribution in [0.25, 0.3) is 11.1 Å². The summed E-state index contributed by atoms with van der Waals surface area (Å²) in [6.07, 6.45) is 4.80. The average molecular weight is 857 g/mol. The van der Waals surface area contributed by atoms with Crippen LogP contribution < -0.4 is 32.3 Å². The van der Waals surface area contributed by atoms with Crippen molar-refractivity contribution >= 4 is 36.7 Å². The van der Waals surface area contributed by atoms with Crippen LogP contribution in [-0.4, -0.2) is 136 Å². The molecule has 0 aliphatic carbocycles. The van der Waals surface area contributed by atoms with Crippen molar-refractivity contribution in [3.8, 4) is 11.1 Å². The summed E-state index contributed by atoms with van der Waals surface area (Å²) in [7, 11) is -0.661. The molecule has 19 heteroatoms. The van der Waals surface area contributed by atoms with Crippen molar-refractivity contribution in [2.24, 2.45) is 5.73 Å². The quantitative estimate of drug-likeness (QED) is 0.0961. The van der Waals surface area contributed by atoms with Crippen LogP contribution >= 0.6 is 0 Å². The highest BCUT2D eigenvalue weighted by Gasteiger charge is 2.48. The van der Waals surface area contributed by atoms with Gasteiger partial charge in [0.2, 0.25) is 23.6 Å². The molecule has 8 N–H and O–H groups in total. The number of hydrogen-bond donors (Lipinski definition) is 7. The predicted octanol–water partition coefficient (Wildman–Crippen LogP) is 0.258. The number of aliphatic hydroxyl groups is 1. The van der Waals surface area contributed by atoms with Crippen LogP contribution in [0.15, 0.2) is 54.7 Å². The fourth-order valence-electron chi connectivity index (χ4n) is 7.90. The van der Waals surface area contributed by atoms with Crippen molar-refractivity contribution in [1.82, 2.24) is 46.5 Å². The third-order valence-corrected chi connectivity index (χ3v) is 11.6. The van der Waals surface area contributed by atoms with E-state index in [1.165, 1.54) is 19.4 Å². The van der Waals surface area contributed by atoms with Crippen molar-refractivity contribution in [2.75, 3.05) is 26.2 Å². The molecule has 2 aromatic carbocycles. The number of amides is 5. The number of aryl methyl sites for hydroxylation is 2. The number of rotatable bonds is 16. The Morgan fingerprint density at radius 1 is 0.935 bits per heavy atom. The largest absolute Gasteiger partial charge is 0.481 e. The van der Waals surface area contributed by atoms with Crippen LogP contribution in [0.3, 0.4) is 0 Å². The number of unbranched alkanes of at least 4 members (excludes halogenated alkanes) is 1. The van der Waals surface area contributed by atoms with Gasteiger partial charge in [-0.3, -0.25) is 33.6 Å². The lowest BCUT2D eigenvalue weighted by atomic mass is 9.79. The first-order chi connectivity index (χ1) is 29.8. The second kappa shape index (κ2) is 21.7. The van der Waals surface area contributed by atoms with Crippen LogP contribution in [0, 0.1) is 0 Å². The van der Waals surface area contributed by atoms with Crippen molar-refractivity contribution in [2.45, 2.75) is 128 Å². The Bertz CT molecular complexity index is 1990. The minimum absolute atomic E-state index is 0.00804. The summed E-state index contributed by atoms with van der Waals surface area (Å²) in [5.41, 5.74) is 9.79. The standard InChI is InChI=1S/C43H61BN10O8/c1-5-6-9-29-11-13-30(14-12-29)31-15-17-32(18-16-31)40(57)48-34(10-7-19-45)41(58)50-38(27(3)55)43(60)46-26(2)39(56)49-35-22-33-23-54(52-51-33)21-8-20-53-24-36-37(25-53)62-44(61-36)28(4)47-42(35)59/h11-18,23,26-28,34-38,55H,5-10,19-22,24-25,45H2,1-4H3,(H,46,60)(H,47,59)(H,48,57)(H,49,56)(H,50,58)/t26-,27+,28-,34-,35-,36-,37+,38-/m0/s1. The Morgan fingerprint density at radius 2 is 1.61 bits per heavy atom. The zero-order valence-corrected chi connectivity index (χ0v) is 36.0. The molecule has 5 heterocycles. The van der Waals surface area contributed by atoms with E-state index in [0.29, 0.717) is 24.2 Å². The van der Waals surface area contributed by atoms with Crippen molar-refractivity contribution < 1.29 is 38.4 Å². The number of benzene rings is 2. The maximum atomic E-state index is 13.7. The molecule has 4 aliphatic heterocycles. The zero-order valence-electron chi connectivity index (χ0n) is 36.0. The van der Waals surface area contributed by atoms with Crippen molar-refractivity contribution in [3.63, 3.8) is 0 Å². The molecule has 0 radical (unpaired) electrons. The molecular weight excluding hydrogens is 795 g/mol. The van der Waals surface area contributed by atoms with Crippen molar-refractivity contribution in [1.29, 1.82) is 0 Å². The molecule has 0 saturated carbocycles. The Balaban J connectivity index is 1.06. The van der Waals surface area contributed by atoms with E-state index in [0.717, 1.165) is 56.4 Å². The van der Waals surface area contributed by atoms with E-state index < -0.39 is 72.9 Å². The summed E-state index contributed by atoms with van der Waals surface area (Å²) < 4.78 is 14.0. The number of nitrogens with zero attached hydrogens (tertiary/aromatic N) is 4. The van der Waals surface area contributed by atoms with Gasteiger partial charge in [-0.15, -0.1) is 5.10 Å². The van der Waals surface area contributed by atoms with Gasteiger partial charge in [0.25, 0.3) is 5.91 Å². The van der Waals surface area contributed by atoms with Gasteiger partial charge in [0.1, 0.15) is 24.2 Å². The second-order valence-electron chi connectivity index (χ2n) is 16.7. The summed E-state index contributed by atoms with van der Waals surface area (Å²) in [6.45, 7) is 9.81. The lowest BCUT2D eigenvalue weighted by Crippen LogP contribution is -2.60. The summed E-state index contributed by atoms with van der Waals surface area (Å²) in [6, 6.07) is 10.5. The SMILES string of the molecule is CCCCc1ccc(-c2ccc(C(=O)N[C@@H](CCCN)C(=O)N[C@H](C(=O)N[C@@H](C)C(=O)N[C@H]3Cc4cn(nn4)CCCN4C[C@@H]5OB(O[C@@H]5C4)[C@H](C)NC3=O)[C@@H](C)O)cc2)cc1. The Morgan fingerprint density at radius 3 is 2.26 bits per heavy atom. The molecule has 9 atom stereocenters. The number of aromatic nitrogens is 3.